The Balaban J connectivity index is 2.02. The second-order valence-corrected chi connectivity index (χ2v) is 7.00. The maximum Gasteiger partial charge on any atom is 0.190 e. The van der Waals surface area contributed by atoms with E-state index in [-0.39, 0.29) is 0 Å². The van der Waals surface area contributed by atoms with Crippen LogP contribution in [0.15, 0.2) is 11.1 Å². The number of hydrogen-bond donors (Lipinski definition) is 2. The van der Waals surface area contributed by atoms with E-state index in [1.54, 1.807) is 0 Å². The van der Waals surface area contributed by atoms with Crippen LogP contribution in [0.5, 0.6) is 0 Å². The first-order chi connectivity index (χ1) is 12.0. The van der Waals surface area contributed by atoms with Crippen molar-refractivity contribution < 1.29 is 0 Å². The van der Waals surface area contributed by atoms with E-state index in [0.717, 1.165) is 37.7 Å². The van der Waals surface area contributed by atoms with E-state index in [9.17, 15) is 0 Å². The minimum atomic E-state index is 0.904. The third kappa shape index (κ3) is 10.1. The van der Waals surface area contributed by atoms with Gasteiger partial charge in [-0.1, -0.05) is 19.3 Å². The highest BCUT2D eigenvalue weighted by molar-refractivity contribution is 5.79. The van der Waals surface area contributed by atoms with Gasteiger partial charge < -0.3 is 15.5 Å². The fraction of sp³-hybridized carbons (Fsp3) is 0.789. The van der Waals surface area contributed by atoms with E-state index in [1.165, 1.54) is 44.3 Å². The lowest BCUT2D eigenvalue weighted by Gasteiger charge is -2.12. The summed E-state index contributed by atoms with van der Waals surface area (Å²) in [5.74, 6) is 0.904. The number of guanidine groups is 1. The van der Waals surface area contributed by atoms with Crippen molar-refractivity contribution in [2.75, 3.05) is 40.8 Å². The van der Waals surface area contributed by atoms with Crippen molar-refractivity contribution in [3.63, 3.8) is 0 Å². The Morgan fingerprint density at radius 1 is 1.04 bits per heavy atom. The second kappa shape index (κ2) is 12.8. The number of aryl methyl sites for hydroxylation is 3. The molecule has 144 valence electrons. The number of hydrogen-bond acceptors (Lipinski definition) is 3. The lowest BCUT2D eigenvalue weighted by atomic mass is 10.1. The molecule has 0 aromatic carbocycles. The van der Waals surface area contributed by atoms with Crippen molar-refractivity contribution in [2.24, 2.45) is 4.99 Å². The molecule has 1 aromatic heterocycles. The lowest BCUT2D eigenvalue weighted by Crippen LogP contribution is -2.38. The first kappa shape index (κ1) is 21.5. The monoisotopic (exact) mass is 350 g/mol. The third-order valence-corrected chi connectivity index (χ3v) is 4.24. The van der Waals surface area contributed by atoms with Crippen LogP contribution in [0.25, 0.3) is 0 Å². The van der Waals surface area contributed by atoms with Gasteiger partial charge in [-0.05, 0) is 59.8 Å². The zero-order valence-corrected chi connectivity index (χ0v) is 16.9. The topological polar surface area (TPSA) is 57.5 Å². The normalized spacial score (nSPS) is 12.0. The highest BCUT2D eigenvalue weighted by Gasteiger charge is 2.01. The van der Waals surface area contributed by atoms with Gasteiger partial charge in [-0.2, -0.15) is 5.10 Å². The standard InChI is InChI=1S/C19H38N6/c1-17-16-18(2)25(23-17)15-11-13-22-19(20-3)21-12-9-7-6-8-10-14-24(4)5/h16H,6-15H2,1-5H3,(H2,20,21,22). The van der Waals surface area contributed by atoms with Gasteiger partial charge >= 0.3 is 0 Å². The summed E-state index contributed by atoms with van der Waals surface area (Å²) in [4.78, 5) is 6.54. The molecule has 0 saturated carbocycles. The van der Waals surface area contributed by atoms with E-state index < -0.39 is 0 Å². The van der Waals surface area contributed by atoms with Crippen molar-refractivity contribution in [3.8, 4) is 0 Å². The summed E-state index contributed by atoms with van der Waals surface area (Å²) in [5.41, 5.74) is 2.32. The average molecular weight is 351 g/mol. The van der Waals surface area contributed by atoms with Crippen LogP contribution >= 0.6 is 0 Å². The van der Waals surface area contributed by atoms with Crippen molar-refractivity contribution in [1.29, 1.82) is 0 Å². The van der Waals surface area contributed by atoms with Gasteiger partial charge in [0.05, 0.1) is 5.69 Å². The molecule has 6 nitrogen and oxygen atoms in total. The molecular weight excluding hydrogens is 312 g/mol. The predicted octanol–water partition coefficient (Wildman–Crippen LogP) is 2.57. The van der Waals surface area contributed by atoms with Crippen LogP contribution in [0.2, 0.25) is 0 Å². The molecule has 6 heteroatoms. The van der Waals surface area contributed by atoms with Crippen molar-refractivity contribution in [3.05, 3.63) is 17.5 Å². The van der Waals surface area contributed by atoms with Gasteiger partial charge in [-0.25, -0.2) is 0 Å². The van der Waals surface area contributed by atoms with Gasteiger partial charge in [0.25, 0.3) is 0 Å². The van der Waals surface area contributed by atoms with Gasteiger partial charge in [0.1, 0.15) is 0 Å². The maximum absolute atomic E-state index is 4.49. The molecule has 0 unspecified atom stereocenters. The molecule has 2 N–H and O–H groups in total. The predicted molar refractivity (Wildman–Crippen MR) is 107 cm³/mol. The molecular formula is C19H38N6. The third-order valence-electron chi connectivity index (χ3n) is 4.24. The number of aromatic nitrogens is 2. The van der Waals surface area contributed by atoms with E-state index in [4.69, 9.17) is 0 Å². The van der Waals surface area contributed by atoms with Gasteiger partial charge in [-0.3, -0.25) is 9.67 Å². The van der Waals surface area contributed by atoms with Crippen molar-refractivity contribution in [2.45, 2.75) is 58.9 Å². The molecule has 0 atom stereocenters. The molecule has 0 aliphatic rings. The molecule has 0 spiro atoms. The van der Waals surface area contributed by atoms with Crippen molar-refractivity contribution >= 4 is 5.96 Å². The molecule has 1 rings (SSSR count). The zero-order valence-electron chi connectivity index (χ0n) is 16.9. The van der Waals surface area contributed by atoms with Crippen LogP contribution in [0.4, 0.5) is 0 Å². The highest BCUT2D eigenvalue weighted by atomic mass is 15.3. The number of unbranched alkanes of at least 4 members (excludes halogenated alkanes) is 4. The van der Waals surface area contributed by atoms with E-state index >= 15 is 0 Å². The molecule has 1 aromatic rings. The molecule has 0 aliphatic heterocycles. The summed E-state index contributed by atoms with van der Waals surface area (Å²) in [6.07, 6.45) is 7.48. The summed E-state index contributed by atoms with van der Waals surface area (Å²) >= 11 is 0. The van der Waals surface area contributed by atoms with Crippen LogP contribution in [0.1, 0.15) is 49.9 Å². The van der Waals surface area contributed by atoms with Crippen LogP contribution in [0.3, 0.4) is 0 Å². The second-order valence-electron chi connectivity index (χ2n) is 7.00. The van der Waals surface area contributed by atoms with E-state index in [2.05, 4.69) is 57.4 Å². The largest absolute Gasteiger partial charge is 0.356 e. The van der Waals surface area contributed by atoms with E-state index in [1.807, 2.05) is 14.0 Å². The van der Waals surface area contributed by atoms with Crippen LogP contribution in [-0.4, -0.2) is 61.4 Å². The van der Waals surface area contributed by atoms with Crippen molar-refractivity contribution in [1.82, 2.24) is 25.3 Å². The molecule has 0 saturated heterocycles. The Morgan fingerprint density at radius 2 is 1.68 bits per heavy atom. The Kier molecular flexibility index (Phi) is 11.0. The number of nitrogens with one attached hydrogen (secondary N) is 2. The van der Waals surface area contributed by atoms with Crippen LogP contribution < -0.4 is 10.6 Å². The first-order valence-corrected chi connectivity index (χ1v) is 9.63. The lowest BCUT2D eigenvalue weighted by molar-refractivity contribution is 0.389. The summed E-state index contributed by atoms with van der Waals surface area (Å²) in [6, 6.07) is 2.12. The molecule has 0 radical (unpaired) electrons. The minimum Gasteiger partial charge on any atom is -0.356 e. The van der Waals surface area contributed by atoms with Crippen LogP contribution in [0, 0.1) is 13.8 Å². The maximum atomic E-state index is 4.49. The quantitative estimate of drug-likeness (QED) is 0.346. The molecule has 0 fully saturated rings. The zero-order chi connectivity index (χ0) is 18.5. The van der Waals surface area contributed by atoms with Gasteiger partial charge in [-0.15, -0.1) is 0 Å². The van der Waals surface area contributed by atoms with Gasteiger partial charge in [0.15, 0.2) is 5.96 Å². The molecule has 1 heterocycles. The minimum absolute atomic E-state index is 0.904. The highest BCUT2D eigenvalue weighted by Crippen LogP contribution is 2.03. The fourth-order valence-corrected chi connectivity index (χ4v) is 2.85. The molecule has 0 bridgehead atoms. The molecule has 0 amide bonds. The molecule has 0 aliphatic carbocycles. The number of nitrogens with zero attached hydrogens (tertiary/aromatic N) is 4. The Morgan fingerprint density at radius 3 is 2.28 bits per heavy atom. The van der Waals surface area contributed by atoms with Gasteiger partial charge in [0.2, 0.25) is 0 Å². The number of rotatable bonds is 12. The number of aliphatic imine (C=N–C) groups is 1. The van der Waals surface area contributed by atoms with Crippen LogP contribution in [-0.2, 0) is 6.54 Å². The SMILES string of the molecule is CN=C(NCCCCCCCN(C)C)NCCCn1nc(C)cc1C. The smallest absolute Gasteiger partial charge is 0.190 e. The Hall–Kier alpha value is -1.56. The Bertz CT molecular complexity index is 492. The van der Waals surface area contributed by atoms with Gasteiger partial charge in [0, 0.05) is 32.4 Å². The fourth-order valence-electron chi connectivity index (χ4n) is 2.85. The Labute approximate surface area is 154 Å². The summed E-state index contributed by atoms with van der Waals surface area (Å²) < 4.78 is 2.07. The molecule has 25 heavy (non-hydrogen) atoms. The first-order valence-electron chi connectivity index (χ1n) is 9.63. The summed E-state index contributed by atoms with van der Waals surface area (Å²) in [5, 5.41) is 11.3. The van der Waals surface area contributed by atoms with E-state index in [0.29, 0.717) is 0 Å². The summed E-state index contributed by atoms with van der Waals surface area (Å²) in [7, 11) is 6.11. The summed E-state index contributed by atoms with van der Waals surface area (Å²) in [6.45, 7) is 8.18. The average Bonchev–Trinajstić information content (AvgIpc) is 2.89.